The van der Waals surface area contributed by atoms with Gasteiger partial charge in [-0.25, -0.2) is 29.7 Å². The normalized spacial score (nSPS) is 23.0. The fourth-order valence-corrected chi connectivity index (χ4v) is 12.2. The first-order valence-electron chi connectivity index (χ1n) is 33.0. The number of hydrogen-bond donors (Lipinski definition) is 23. The second-order valence-electron chi connectivity index (χ2n) is 24.6. The van der Waals surface area contributed by atoms with Crippen LogP contribution in [-0.4, -0.2) is 281 Å². The van der Waals surface area contributed by atoms with Crippen LogP contribution in [-0.2, 0) is 58.9 Å². The molecule has 0 bridgehead atoms. The van der Waals surface area contributed by atoms with Gasteiger partial charge in [0, 0.05) is 61.8 Å². The number of H-pyrrole nitrogens is 1. The highest BCUT2D eigenvalue weighted by Gasteiger charge is 2.54. The number of aliphatic hydroxyl groups excluding tert-OH is 8. The van der Waals surface area contributed by atoms with Crippen molar-refractivity contribution >= 4 is 81.8 Å². The third-order valence-corrected chi connectivity index (χ3v) is 18.4. The Kier molecular flexibility index (Phi) is 33.3. The molecule has 0 aliphatic carbocycles. The molecule has 6 heterocycles. The van der Waals surface area contributed by atoms with Crippen molar-refractivity contribution in [2.24, 2.45) is 34.6 Å². The zero-order chi connectivity index (χ0) is 76.6. The van der Waals surface area contributed by atoms with Gasteiger partial charge in [0.15, 0.2) is 18.7 Å². The number of aromatic nitrogens is 6. The molecule has 2 fully saturated rings. The number of hydrogen-bond acceptors (Lipinski definition) is 34. The molecule has 9 amide bonds. The van der Waals surface area contributed by atoms with Crippen molar-refractivity contribution in [2.75, 3.05) is 64.8 Å². The lowest BCUT2D eigenvalue weighted by molar-refractivity contribution is -0.372. The summed E-state index contributed by atoms with van der Waals surface area (Å²) >= 11 is 2.48. The molecule has 19 atom stereocenters. The van der Waals surface area contributed by atoms with Crippen LogP contribution in [0.2, 0.25) is 0 Å². The summed E-state index contributed by atoms with van der Waals surface area (Å²) in [5.41, 5.74) is 33.2. The van der Waals surface area contributed by atoms with Crippen LogP contribution >= 0.6 is 22.7 Å². The van der Waals surface area contributed by atoms with Gasteiger partial charge in [-0.15, -0.1) is 22.7 Å². The van der Waals surface area contributed by atoms with Crippen molar-refractivity contribution in [1.82, 2.24) is 72.4 Å². The Morgan fingerprint density at radius 2 is 1.38 bits per heavy atom. The van der Waals surface area contributed by atoms with Crippen molar-refractivity contribution in [3.05, 3.63) is 56.8 Å². The lowest BCUT2D eigenvalue weighted by Gasteiger charge is -2.47. The summed E-state index contributed by atoms with van der Waals surface area (Å²) in [6.45, 7) is 5.84. The highest BCUT2D eigenvalue weighted by atomic mass is 32.1. The molecule has 4 aromatic rings. The predicted molar refractivity (Wildman–Crippen MR) is 363 cm³/mol. The van der Waals surface area contributed by atoms with Crippen LogP contribution in [0.15, 0.2) is 23.3 Å². The van der Waals surface area contributed by atoms with Crippen LogP contribution in [0.4, 0.5) is 10.6 Å². The van der Waals surface area contributed by atoms with E-state index in [0.29, 0.717) is 48.2 Å². The fraction of sp³-hybridized carbons (Fsp3) is 0.633. The Morgan fingerprint density at radius 3 is 2.01 bits per heavy atom. The van der Waals surface area contributed by atoms with Gasteiger partial charge in [0.1, 0.15) is 94.6 Å². The zero-order valence-corrected chi connectivity index (χ0v) is 58.8. The van der Waals surface area contributed by atoms with Crippen LogP contribution in [0, 0.1) is 12.8 Å². The summed E-state index contributed by atoms with van der Waals surface area (Å²) in [6.07, 6.45) is -22.4. The van der Waals surface area contributed by atoms with Gasteiger partial charge in [-0.3, -0.25) is 38.4 Å². The minimum atomic E-state index is -2.21. The number of aromatic amines is 1. The summed E-state index contributed by atoms with van der Waals surface area (Å²) in [5, 5.41) is 115. The SMILES string of the molecule is Cc1c(N)nc([C@H](CC(N)=O)NC[C@H](N)C(N)=O)nc1C(=O)N[C@H](C(=O)N[C@H](C)[C@@H](O)[C@H](C)C(=O)N[C@H](C(=O)NCCc1nc(-c2nc(C(=O)NCCCNCCCCNCCC(N)=O)cs2)cs1)[C@@H](C)O)[C@@H](O[C@@H]1O[C@@H](CO)[C@@H](O)[C@H](O)[C@@H]1O[C@H]1O[C@H](CO)[C@@H](O)[C@H](OC(N)=O)[C@@H]1O)c1cnc[nH]1. The molecule has 0 aromatic carbocycles. The number of primary amides is 4. The number of nitrogens with one attached hydrogen (secondary N) is 9. The first kappa shape index (κ1) is 84.7. The van der Waals surface area contributed by atoms with Gasteiger partial charge >= 0.3 is 6.09 Å². The van der Waals surface area contributed by atoms with Crippen LogP contribution < -0.4 is 76.9 Å². The number of amides is 9. The van der Waals surface area contributed by atoms with Crippen molar-refractivity contribution in [2.45, 2.75) is 176 Å². The van der Waals surface area contributed by atoms with E-state index in [9.17, 15) is 79.2 Å². The number of aliphatic hydroxyl groups is 8. The van der Waals surface area contributed by atoms with Crippen molar-refractivity contribution < 1.29 is 108 Å². The Hall–Kier alpha value is -8.26. The number of anilines is 1. The van der Waals surface area contributed by atoms with E-state index in [1.807, 2.05) is 0 Å². The quantitative estimate of drug-likeness (QED) is 0.0183. The number of rotatable bonds is 43. The molecule has 4 aromatic heterocycles. The number of thiazole rings is 2. The molecule has 2 saturated heterocycles. The summed E-state index contributed by atoms with van der Waals surface area (Å²) in [7, 11) is 0. The topological polar surface area (TPSA) is 694 Å². The first-order chi connectivity index (χ1) is 49.3. The maximum absolute atomic E-state index is 15.2. The average molecular weight is 1510 g/mol. The molecular weight excluding hydrogens is 1420 g/mol. The van der Waals surface area contributed by atoms with Crippen molar-refractivity contribution in [3.63, 3.8) is 0 Å². The van der Waals surface area contributed by atoms with E-state index in [2.05, 4.69) is 72.4 Å². The zero-order valence-electron chi connectivity index (χ0n) is 57.2. The molecule has 0 unspecified atom stereocenters. The number of nitrogens with two attached hydrogens (primary N) is 6. The molecule has 0 spiro atoms. The van der Waals surface area contributed by atoms with Crippen LogP contribution in [0.5, 0.6) is 0 Å². The van der Waals surface area contributed by atoms with Crippen LogP contribution in [0.1, 0.15) is 108 Å². The van der Waals surface area contributed by atoms with Crippen molar-refractivity contribution in [3.8, 4) is 10.7 Å². The second-order valence-corrected chi connectivity index (χ2v) is 26.4. The van der Waals surface area contributed by atoms with Gasteiger partial charge in [0.25, 0.3) is 11.8 Å². The summed E-state index contributed by atoms with van der Waals surface area (Å²) < 4.78 is 28.8. The Bertz CT molecular complexity index is 3490. The van der Waals surface area contributed by atoms with E-state index >= 15 is 4.79 Å². The monoisotopic (exact) mass is 1510 g/mol. The summed E-state index contributed by atoms with van der Waals surface area (Å²) in [4.78, 5) is 142. The molecule has 0 radical (unpaired) electrons. The largest absolute Gasteiger partial charge is 0.441 e. The average Bonchev–Trinajstić information content (AvgIpc) is 0.940. The lowest BCUT2D eigenvalue weighted by Crippen LogP contribution is -2.65. The van der Waals surface area contributed by atoms with Gasteiger partial charge in [0.2, 0.25) is 35.4 Å². The fourth-order valence-electron chi connectivity index (χ4n) is 10.6. The Labute approximate surface area is 602 Å². The summed E-state index contributed by atoms with van der Waals surface area (Å²) in [5.74, 6) is -9.15. The van der Waals surface area contributed by atoms with Crippen molar-refractivity contribution in [1.29, 1.82) is 0 Å². The van der Waals surface area contributed by atoms with Gasteiger partial charge in [-0.05, 0) is 59.7 Å². The molecule has 42 nitrogen and oxygen atoms in total. The van der Waals surface area contributed by atoms with E-state index in [0.717, 1.165) is 38.5 Å². The molecule has 2 aliphatic rings. The number of ether oxygens (including phenoxy) is 5. The van der Waals surface area contributed by atoms with E-state index < -0.39 is 183 Å². The van der Waals surface area contributed by atoms with Gasteiger partial charge in [-0.2, -0.15) is 0 Å². The smallest absolute Gasteiger partial charge is 0.404 e. The van der Waals surface area contributed by atoms with E-state index in [1.54, 1.807) is 10.8 Å². The Morgan fingerprint density at radius 1 is 0.702 bits per heavy atom. The predicted octanol–water partition coefficient (Wildman–Crippen LogP) is -8.75. The number of carbonyl (C=O) groups excluding carboxylic acids is 9. The van der Waals surface area contributed by atoms with Gasteiger partial charge < -0.3 is 146 Å². The van der Waals surface area contributed by atoms with Gasteiger partial charge in [-0.1, -0.05) is 6.92 Å². The molecule has 44 heteroatoms. The number of nitrogen functional groups attached to an aromatic ring is 1. The minimum Gasteiger partial charge on any atom is -0.441 e. The van der Waals surface area contributed by atoms with Gasteiger partial charge in [0.05, 0.1) is 72.7 Å². The third-order valence-electron chi connectivity index (χ3n) is 16.6. The number of nitrogens with zero attached hydrogens (tertiary/aromatic N) is 5. The van der Waals surface area contributed by atoms with E-state index in [1.165, 1.54) is 50.4 Å². The third kappa shape index (κ3) is 24.1. The molecule has 578 valence electrons. The minimum absolute atomic E-state index is 0.0253. The molecule has 0 saturated carbocycles. The molecule has 29 N–H and O–H groups in total. The molecule has 6 rings (SSSR count). The van der Waals surface area contributed by atoms with Crippen LogP contribution in [0.25, 0.3) is 10.7 Å². The number of carbonyl (C=O) groups is 9. The Balaban J connectivity index is 1.18. The standard InChI is InChI=1S/C60H94N20O22S2/c1-24-38(77-51(80-49(24)64)29(16-36(63)85)72-17-28(61)50(65)91)55(95)79-40(46(30-18-69-23-73-30)100-59-48(44(89)42(87)33(19-81)99-59)101-58-45(90)47(102-60(66)97)43(88)34(20-82)98-58)56(96)74-26(3)41(86)25(2)52(92)78-39(27(4)83)54(94)71-15-9-37-75-32(22-103-37)57-76-31(21-104-57)53(93)70-13-7-12-67-10-5-6-11-68-14-8-35(62)84/h18,21-23,25-29,33-34,39-48,58-59,67-68,72,81-83,86-90H,5-17,19-20,61H2,1-4H3,(H2,62,84)(H2,63,85)(H2,65,91)(H2,66,97)(H,69,73)(H,70,93)(H,71,94)(H,74,96)(H,78,92)(H,79,95)(H2,64,77,80)/t25-,26+,27+,28-,29-,33-,34+,39-,40-,41-,42+,43+,44-,45-,46-,47-,48-,58+,59-/m0/s1. The molecular formula is C60H94N20O22S2. The maximum Gasteiger partial charge on any atom is 0.404 e. The van der Waals surface area contributed by atoms with E-state index in [-0.39, 0.29) is 59.9 Å². The number of imidazole rings is 1. The first-order valence-corrected chi connectivity index (χ1v) is 34.8. The van der Waals surface area contributed by atoms with E-state index in [4.69, 9.17) is 58.1 Å². The second kappa shape index (κ2) is 40.9. The number of unbranched alkanes of at least 4 members (excludes halogenated alkanes) is 1. The molecule has 2 aliphatic heterocycles. The molecule has 104 heavy (non-hydrogen) atoms. The highest BCUT2D eigenvalue weighted by molar-refractivity contribution is 7.14. The van der Waals surface area contributed by atoms with Crippen LogP contribution in [0.3, 0.4) is 0 Å². The highest BCUT2D eigenvalue weighted by Crippen LogP contribution is 2.35. The lowest BCUT2D eigenvalue weighted by atomic mass is 9.96. The maximum atomic E-state index is 15.2. The summed E-state index contributed by atoms with van der Waals surface area (Å²) in [6, 6.07) is -7.90.